The average molecular weight is 333 g/mol. The zero-order chi connectivity index (χ0) is 17.1. The van der Waals surface area contributed by atoms with Crippen molar-refractivity contribution < 1.29 is 0 Å². The lowest BCUT2D eigenvalue weighted by molar-refractivity contribution is 0.292. The molecule has 5 nitrogen and oxygen atoms in total. The fourth-order valence-electron chi connectivity index (χ4n) is 3.49. The van der Waals surface area contributed by atoms with Crippen LogP contribution in [0.25, 0.3) is 16.6 Å². The minimum absolute atomic E-state index is 0.767. The van der Waals surface area contributed by atoms with E-state index in [9.17, 15) is 0 Å². The molecule has 5 heteroatoms. The molecular formula is C20H23N5. The SMILES string of the molecule is CNc1nc(C2=CCC=C(N3CCCCC3)C=C2)cc2nccnc12. The van der Waals surface area contributed by atoms with Gasteiger partial charge in [-0.25, -0.2) is 9.97 Å². The molecule has 1 N–H and O–H groups in total. The number of anilines is 1. The first-order chi connectivity index (χ1) is 12.3. The Morgan fingerprint density at radius 3 is 2.68 bits per heavy atom. The number of hydrogen-bond donors (Lipinski definition) is 1. The molecule has 0 spiro atoms. The van der Waals surface area contributed by atoms with Gasteiger partial charge in [0, 0.05) is 38.2 Å². The molecule has 0 atom stereocenters. The van der Waals surface area contributed by atoms with Crippen molar-refractivity contribution in [3.8, 4) is 0 Å². The second-order valence-corrected chi connectivity index (χ2v) is 6.44. The predicted molar refractivity (Wildman–Crippen MR) is 102 cm³/mol. The van der Waals surface area contributed by atoms with Gasteiger partial charge >= 0.3 is 0 Å². The molecule has 25 heavy (non-hydrogen) atoms. The van der Waals surface area contributed by atoms with Crippen LogP contribution in [-0.4, -0.2) is 40.0 Å². The third kappa shape index (κ3) is 3.27. The van der Waals surface area contributed by atoms with Crippen LogP contribution in [0.4, 0.5) is 5.82 Å². The Morgan fingerprint density at radius 1 is 1.00 bits per heavy atom. The van der Waals surface area contributed by atoms with Crippen LogP contribution in [0.1, 0.15) is 31.4 Å². The van der Waals surface area contributed by atoms with Crippen LogP contribution in [0.15, 0.2) is 48.5 Å². The van der Waals surface area contributed by atoms with Gasteiger partial charge in [0.15, 0.2) is 5.82 Å². The minimum atomic E-state index is 0.767. The van der Waals surface area contributed by atoms with Crippen LogP contribution in [0, 0.1) is 0 Å². The lowest BCUT2D eigenvalue weighted by atomic mass is 10.1. The van der Waals surface area contributed by atoms with Crippen LogP contribution in [0.3, 0.4) is 0 Å². The molecule has 0 amide bonds. The molecule has 0 unspecified atom stereocenters. The lowest BCUT2D eigenvalue weighted by Gasteiger charge is -2.29. The molecule has 1 fully saturated rings. The maximum Gasteiger partial charge on any atom is 0.154 e. The summed E-state index contributed by atoms with van der Waals surface area (Å²) in [6.45, 7) is 2.33. The quantitative estimate of drug-likeness (QED) is 0.926. The van der Waals surface area contributed by atoms with Crippen molar-refractivity contribution in [2.75, 3.05) is 25.5 Å². The molecule has 2 aromatic rings. The van der Waals surface area contributed by atoms with Gasteiger partial charge < -0.3 is 10.2 Å². The fraction of sp³-hybridized carbons (Fsp3) is 0.350. The number of nitrogens with one attached hydrogen (secondary N) is 1. The monoisotopic (exact) mass is 333 g/mol. The van der Waals surface area contributed by atoms with Gasteiger partial charge in [0.05, 0.1) is 11.2 Å². The summed E-state index contributed by atoms with van der Waals surface area (Å²) in [6.07, 6.45) is 17.2. The van der Waals surface area contributed by atoms with Crippen molar-refractivity contribution in [1.29, 1.82) is 0 Å². The Bertz CT molecular complexity index is 860. The molecule has 0 aromatic carbocycles. The highest BCUT2D eigenvalue weighted by Gasteiger charge is 2.14. The number of pyridine rings is 1. The lowest BCUT2D eigenvalue weighted by Crippen LogP contribution is -2.28. The summed E-state index contributed by atoms with van der Waals surface area (Å²) in [5.41, 5.74) is 5.06. The zero-order valence-electron chi connectivity index (χ0n) is 14.6. The van der Waals surface area contributed by atoms with Gasteiger partial charge in [0.25, 0.3) is 0 Å². The number of nitrogens with zero attached hydrogens (tertiary/aromatic N) is 4. The molecule has 0 radical (unpaired) electrons. The van der Waals surface area contributed by atoms with Crippen molar-refractivity contribution in [3.63, 3.8) is 0 Å². The first-order valence-corrected chi connectivity index (χ1v) is 8.98. The zero-order valence-corrected chi connectivity index (χ0v) is 14.6. The van der Waals surface area contributed by atoms with Gasteiger partial charge in [-0.05, 0) is 43.4 Å². The average Bonchev–Trinajstić information content (AvgIpc) is 2.94. The van der Waals surface area contributed by atoms with E-state index in [2.05, 4.69) is 44.5 Å². The summed E-state index contributed by atoms with van der Waals surface area (Å²) >= 11 is 0. The Balaban J connectivity index is 1.64. The molecule has 3 heterocycles. The van der Waals surface area contributed by atoms with Gasteiger partial charge in [-0.1, -0.05) is 18.2 Å². The molecule has 0 saturated carbocycles. The number of piperidine rings is 1. The van der Waals surface area contributed by atoms with Crippen molar-refractivity contribution in [1.82, 2.24) is 19.9 Å². The van der Waals surface area contributed by atoms with E-state index in [1.807, 2.05) is 13.1 Å². The summed E-state index contributed by atoms with van der Waals surface area (Å²) < 4.78 is 0. The van der Waals surface area contributed by atoms with Gasteiger partial charge in [-0.15, -0.1) is 0 Å². The van der Waals surface area contributed by atoms with Gasteiger partial charge in [0.2, 0.25) is 0 Å². The van der Waals surface area contributed by atoms with E-state index in [-0.39, 0.29) is 0 Å². The molecule has 0 bridgehead atoms. The van der Waals surface area contributed by atoms with E-state index in [1.165, 1.54) is 38.0 Å². The number of allylic oxidation sites excluding steroid dienone is 5. The Morgan fingerprint density at radius 2 is 1.84 bits per heavy atom. The van der Waals surface area contributed by atoms with E-state index >= 15 is 0 Å². The summed E-state index contributed by atoms with van der Waals surface area (Å²) in [5.74, 6) is 0.767. The largest absolute Gasteiger partial charge is 0.372 e. The first-order valence-electron chi connectivity index (χ1n) is 8.98. The van der Waals surface area contributed by atoms with E-state index in [0.717, 1.165) is 34.5 Å². The maximum absolute atomic E-state index is 4.75. The van der Waals surface area contributed by atoms with E-state index in [4.69, 9.17) is 4.98 Å². The van der Waals surface area contributed by atoms with Gasteiger partial charge in [-0.3, -0.25) is 4.98 Å². The molecule has 128 valence electrons. The van der Waals surface area contributed by atoms with Gasteiger partial charge in [-0.2, -0.15) is 0 Å². The topological polar surface area (TPSA) is 53.9 Å². The normalized spacial score (nSPS) is 17.9. The molecular weight excluding hydrogens is 310 g/mol. The summed E-state index contributed by atoms with van der Waals surface area (Å²) in [7, 11) is 1.87. The third-order valence-corrected chi connectivity index (χ3v) is 4.81. The summed E-state index contributed by atoms with van der Waals surface area (Å²) in [5, 5.41) is 3.14. The fourth-order valence-corrected chi connectivity index (χ4v) is 3.49. The highest BCUT2D eigenvalue weighted by Crippen LogP contribution is 2.26. The van der Waals surface area contributed by atoms with E-state index < -0.39 is 0 Å². The molecule has 4 rings (SSSR count). The second-order valence-electron chi connectivity index (χ2n) is 6.44. The van der Waals surface area contributed by atoms with Crippen LogP contribution >= 0.6 is 0 Å². The van der Waals surface area contributed by atoms with Crippen molar-refractivity contribution in [3.05, 3.63) is 54.2 Å². The standard InChI is InChI=1S/C20H23N5/c1-21-20-19-18(22-10-11-23-19)14-17(24-20)15-6-5-7-16(9-8-15)25-12-3-2-4-13-25/h6-11,14H,2-5,12-13H2,1H3,(H,21,24). The third-order valence-electron chi connectivity index (χ3n) is 4.81. The van der Waals surface area contributed by atoms with Crippen LogP contribution in [0.5, 0.6) is 0 Å². The smallest absolute Gasteiger partial charge is 0.154 e. The van der Waals surface area contributed by atoms with Crippen molar-refractivity contribution >= 4 is 22.4 Å². The highest BCUT2D eigenvalue weighted by molar-refractivity contribution is 5.89. The van der Waals surface area contributed by atoms with Gasteiger partial charge in [0.1, 0.15) is 5.52 Å². The highest BCUT2D eigenvalue weighted by atomic mass is 15.1. The maximum atomic E-state index is 4.75. The van der Waals surface area contributed by atoms with Crippen LogP contribution in [-0.2, 0) is 0 Å². The van der Waals surface area contributed by atoms with Crippen LogP contribution < -0.4 is 5.32 Å². The minimum Gasteiger partial charge on any atom is -0.372 e. The molecule has 1 saturated heterocycles. The number of likely N-dealkylation sites (tertiary alicyclic amines) is 1. The molecule has 2 aromatic heterocycles. The number of fused-ring (bicyclic) bond motifs is 1. The van der Waals surface area contributed by atoms with Crippen molar-refractivity contribution in [2.24, 2.45) is 0 Å². The van der Waals surface area contributed by atoms with Crippen LogP contribution in [0.2, 0.25) is 0 Å². The van der Waals surface area contributed by atoms with E-state index in [1.54, 1.807) is 12.4 Å². The summed E-state index contributed by atoms with van der Waals surface area (Å²) in [6, 6.07) is 2.02. The molecule has 1 aliphatic heterocycles. The number of hydrogen-bond acceptors (Lipinski definition) is 5. The Labute approximate surface area is 148 Å². The second kappa shape index (κ2) is 7.05. The number of rotatable bonds is 3. The Kier molecular flexibility index (Phi) is 4.46. The molecule has 2 aliphatic rings. The summed E-state index contributed by atoms with van der Waals surface area (Å²) in [4.78, 5) is 16.1. The molecule has 1 aliphatic carbocycles. The Hall–Kier alpha value is -2.69. The van der Waals surface area contributed by atoms with E-state index in [0.29, 0.717) is 0 Å². The van der Waals surface area contributed by atoms with Crippen molar-refractivity contribution in [2.45, 2.75) is 25.7 Å². The number of aromatic nitrogens is 3. The first kappa shape index (κ1) is 15.8. The predicted octanol–water partition coefficient (Wildman–Crippen LogP) is 3.78.